The van der Waals surface area contributed by atoms with Crippen LogP contribution >= 0.6 is 0 Å². The van der Waals surface area contributed by atoms with E-state index in [1.165, 1.54) is 0 Å². The monoisotopic (exact) mass is 352 g/mol. The summed E-state index contributed by atoms with van der Waals surface area (Å²) in [7, 11) is 0. The zero-order valence-electron chi connectivity index (χ0n) is 15.4. The molecule has 7 nitrogen and oxygen atoms in total. The maximum absolute atomic E-state index is 13.1. The Morgan fingerprint density at radius 1 is 1.31 bits per heavy atom. The zero-order chi connectivity index (χ0) is 18.3. The summed E-state index contributed by atoms with van der Waals surface area (Å²) in [5.74, 6) is 2.79. The van der Waals surface area contributed by atoms with Crippen LogP contribution in [0, 0.1) is 6.92 Å². The number of amides is 1. The lowest BCUT2D eigenvalue weighted by Crippen LogP contribution is -2.34. The molecule has 1 saturated heterocycles. The van der Waals surface area contributed by atoms with Crippen molar-refractivity contribution in [1.82, 2.24) is 29.6 Å². The van der Waals surface area contributed by atoms with E-state index in [9.17, 15) is 4.79 Å². The number of H-pyrrole nitrogens is 1. The molecule has 1 aromatic carbocycles. The number of para-hydroxylation sites is 2. The van der Waals surface area contributed by atoms with Crippen LogP contribution in [0.15, 0.2) is 24.3 Å². The van der Waals surface area contributed by atoms with Gasteiger partial charge in [0.25, 0.3) is 0 Å². The van der Waals surface area contributed by atoms with Crippen molar-refractivity contribution < 1.29 is 4.79 Å². The van der Waals surface area contributed by atoms with Gasteiger partial charge >= 0.3 is 0 Å². The molecule has 0 spiro atoms. The molecule has 1 amide bonds. The zero-order valence-corrected chi connectivity index (χ0v) is 15.4. The Morgan fingerprint density at radius 2 is 2.12 bits per heavy atom. The lowest BCUT2D eigenvalue weighted by molar-refractivity contribution is -0.132. The van der Waals surface area contributed by atoms with Crippen molar-refractivity contribution in [3.05, 3.63) is 41.7 Å². The van der Waals surface area contributed by atoms with Gasteiger partial charge in [-0.2, -0.15) is 5.10 Å². The van der Waals surface area contributed by atoms with E-state index >= 15 is 0 Å². The first-order chi connectivity index (χ1) is 12.5. The summed E-state index contributed by atoms with van der Waals surface area (Å²) >= 11 is 0. The number of hydrogen-bond donors (Lipinski definition) is 1. The maximum atomic E-state index is 13.1. The number of carbonyl (C=O) groups excluding carboxylic acids is 1. The highest BCUT2D eigenvalue weighted by molar-refractivity contribution is 5.81. The van der Waals surface area contributed by atoms with Crippen LogP contribution in [0.5, 0.6) is 0 Å². The Balaban J connectivity index is 1.64. The summed E-state index contributed by atoms with van der Waals surface area (Å²) in [5.41, 5.74) is 1.95. The van der Waals surface area contributed by atoms with Gasteiger partial charge in [-0.1, -0.05) is 26.0 Å². The Labute approximate surface area is 152 Å². The van der Waals surface area contributed by atoms with Crippen molar-refractivity contribution in [3.8, 4) is 0 Å². The van der Waals surface area contributed by atoms with Crippen LogP contribution < -0.4 is 0 Å². The number of aryl methyl sites for hydroxylation is 1. The molecule has 26 heavy (non-hydrogen) atoms. The van der Waals surface area contributed by atoms with Gasteiger partial charge in [0, 0.05) is 12.5 Å². The second-order valence-corrected chi connectivity index (χ2v) is 7.22. The van der Waals surface area contributed by atoms with Crippen molar-refractivity contribution in [2.24, 2.45) is 0 Å². The topological polar surface area (TPSA) is 79.7 Å². The first-order valence-corrected chi connectivity index (χ1v) is 9.18. The fourth-order valence-electron chi connectivity index (χ4n) is 3.77. The van der Waals surface area contributed by atoms with Crippen LogP contribution in [0.1, 0.15) is 56.1 Å². The van der Waals surface area contributed by atoms with Crippen LogP contribution in [-0.2, 0) is 11.3 Å². The third-order valence-electron chi connectivity index (χ3n) is 4.98. The number of nitrogens with zero attached hydrogens (tertiary/aromatic N) is 5. The summed E-state index contributed by atoms with van der Waals surface area (Å²) in [6.45, 7) is 7.15. The Morgan fingerprint density at radius 3 is 2.85 bits per heavy atom. The Hall–Kier alpha value is -2.70. The van der Waals surface area contributed by atoms with Crippen LogP contribution in [0.2, 0.25) is 0 Å². The summed E-state index contributed by atoms with van der Waals surface area (Å²) in [6.07, 6.45) is 1.89. The number of likely N-dealkylation sites (tertiary alicyclic amines) is 1. The minimum Gasteiger partial charge on any atom is -0.331 e. The molecule has 1 aliphatic heterocycles. The van der Waals surface area contributed by atoms with Crippen LogP contribution in [0.3, 0.4) is 0 Å². The molecule has 3 aromatic rings. The number of carbonyl (C=O) groups is 1. The van der Waals surface area contributed by atoms with Gasteiger partial charge < -0.3 is 9.47 Å². The average Bonchev–Trinajstić information content (AvgIpc) is 3.33. The predicted octanol–water partition coefficient (Wildman–Crippen LogP) is 2.95. The second kappa shape index (κ2) is 6.55. The van der Waals surface area contributed by atoms with E-state index < -0.39 is 0 Å². The second-order valence-electron chi connectivity index (χ2n) is 7.22. The molecule has 136 valence electrons. The molecule has 7 heteroatoms. The Kier molecular flexibility index (Phi) is 4.22. The lowest BCUT2D eigenvalue weighted by atomic mass is 10.2. The molecule has 1 N–H and O–H groups in total. The number of hydrogen-bond acceptors (Lipinski definition) is 4. The van der Waals surface area contributed by atoms with E-state index in [0.29, 0.717) is 12.4 Å². The summed E-state index contributed by atoms with van der Waals surface area (Å²) in [4.78, 5) is 24.2. The van der Waals surface area contributed by atoms with Gasteiger partial charge in [-0.05, 0) is 31.9 Å². The van der Waals surface area contributed by atoms with Crippen LogP contribution in [0.4, 0.5) is 0 Å². The summed E-state index contributed by atoms with van der Waals surface area (Å²) < 4.78 is 2.06. The molecule has 0 radical (unpaired) electrons. The molecule has 3 heterocycles. The van der Waals surface area contributed by atoms with Crippen molar-refractivity contribution in [1.29, 1.82) is 0 Å². The summed E-state index contributed by atoms with van der Waals surface area (Å²) in [6, 6.07) is 7.96. The molecule has 1 atom stereocenters. The average molecular weight is 352 g/mol. The van der Waals surface area contributed by atoms with E-state index in [1.54, 1.807) is 0 Å². The van der Waals surface area contributed by atoms with Gasteiger partial charge in [0.2, 0.25) is 5.91 Å². The molecule has 0 bridgehead atoms. The lowest BCUT2D eigenvalue weighted by Gasteiger charge is -2.23. The molecule has 0 aliphatic carbocycles. The fraction of sp³-hybridized carbons (Fsp3) is 0.474. The SMILES string of the molecule is Cc1nc([C@@H]2CCCN2C(=O)Cn2c(C(C)C)nc3ccccc32)n[nH]1. The number of fused-ring (bicyclic) bond motifs is 1. The number of rotatable bonds is 4. The van der Waals surface area contributed by atoms with Crippen molar-refractivity contribution in [2.75, 3.05) is 6.54 Å². The Bertz CT molecular complexity index is 941. The number of aromatic amines is 1. The van der Waals surface area contributed by atoms with Crippen molar-refractivity contribution in [3.63, 3.8) is 0 Å². The molecule has 1 aliphatic rings. The van der Waals surface area contributed by atoms with Gasteiger partial charge in [0.05, 0.1) is 17.1 Å². The van der Waals surface area contributed by atoms with Gasteiger partial charge in [0.1, 0.15) is 18.2 Å². The third kappa shape index (κ3) is 2.87. The highest BCUT2D eigenvalue weighted by Gasteiger charge is 2.33. The molecule has 1 fully saturated rings. The highest BCUT2D eigenvalue weighted by atomic mass is 16.2. The van der Waals surface area contributed by atoms with Crippen molar-refractivity contribution >= 4 is 16.9 Å². The van der Waals surface area contributed by atoms with E-state index in [4.69, 9.17) is 4.98 Å². The van der Waals surface area contributed by atoms with E-state index in [1.807, 2.05) is 36.1 Å². The fourth-order valence-corrected chi connectivity index (χ4v) is 3.77. The molecule has 4 rings (SSSR count). The van der Waals surface area contributed by atoms with Gasteiger partial charge in [-0.15, -0.1) is 0 Å². The highest BCUT2D eigenvalue weighted by Crippen LogP contribution is 2.30. The molecule has 0 unspecified atom stereocenters. The first kappa shape index (κ1) is 16.8. The van der Waals surface area contributed by atoms with E-state index in [-0.39, 0.29) is 17.9 Å². The quantitative estimate of drug-likeness (QED) is 0.783. The van der Waals surface area contributed by atoms with Gasteiger partial charge in [-0.3, -0.25) is 9.89 Å². The number of imidazole rings is 1. The first-order valence-electron chi connectivity index (χ1n) is 9.18. The summed E-state index contributed by atoms with van der Waals surface area (Å²) in [5, 5.41) is 7.16. The van der Waals surface area contributed by atoms with Crippen molar-refractivity contribution in [2.45, 2.75) is 52.1 Å². The normalized spacial score (nSPS) is 17.5. The number of aromatic nitrogens is 5. The standard InChI is InChI=1S/C19H24N6O/c1-12(2)19-21-14-7-4-5-8-15(14)25(19)11-17(26)24-10-6-9-16(24)18-20-13(3)22-23-18/h4-5,7-8,12,16H,6,9-11H2,1-3H3,(H,20,22,23)/t16-/m0/s1. The molecule has 0 saturated carbocycles. The minimum atomic E-state index is -0.0373. The predicted molar refractivity (Wildman–Crippen MR) is 98.6 cm³/mol. The number of nitrogens with one attached hydrogen (secondary N) is 1. The molecular weight excluding hydrogens is 328 g/mol. The largest absolute Gasteiger partial charge is 0.331 e. The van der Waals surface area contributed by atoms with Gasteiger partial charge in [0.15, 0.2) is 5.82 Å². The smallest absolute Gasteiger partial charge is 0.243 e. The van der Waals surface area contributed by atoms with E-state index in [2.05, 4.69) is 33.6 Å². The van der Waals surface area contributed by atoms with Gasteiger partial charge in [-0.25, -0.2) is 9.97 Å². The molecular formula is C19H24N6O. The maximum Gasteiger partial charge on any atom is 0.243 e. The van der Waals surface area contributed by atoms with Crippen LogP contribution in [0.25, 0.3) is 11.0 Å². The number of benzene rings is 1. The van der Waals surface area contributed by atoms with E-state index in [0.717, 1.165) is 42.1 Å². The third-order valence-corrected chi connectivity index (χ3v) is 4.98. The minimum absolute atomic E-state index is 0.0373. The van der Waals surface area contributed by atoms with Crippen LogP contribution in [-0.4, -0.2) is 42.1 Å². The molecule has 2 aromatic heterocycles.